The predicted molar refractivity (Wildman–Crippen MR) is 76.6 cm³/mol. The lowest BCUT2D eigenvalue weighted by atomic mass is 10.2. The van der Waals surface area contributed by atoms with Crippen molar-refractivity contribution in [2.75, 3.05) is 17.2 Å². The normalized spacial score (nSPS) is 10.2. The number of nitrogens with one attached hydrogen (secondary N) is 2. The van der Waals surface area contributed by atoms with Crippen molar-refractivity contribution in [1.29, 1.82) is 0 Å². The number of nitro groups is 1. The fourth-order valence-corrected chi connectivity index (χ4v) is 1.80. The minimum Gasteiger partial charge on any atom is -0.364 e. The third-order valence-corrected chi connectivity index (χ3v) is 2.75. The van der Waals surface area contributed by atoms with Crippen LogP contribution in [0.1, 0.15) is 12.5 Å². The fourth-order valence-electron chi connectivity index (χ4n) is 1.80. The van der Waals surface area contributed by atoms with Gasteiger partial charge in [0.1, 0.15) is 12.1 Å². The molecule has 1 aromatic carbocycles. The molecule has 2 rings (SSSR count). The van der Waals surface area contributed by atoms with Crippen LogP contribution in [-0.2, 0) is 6.54 Å². The van der Waals surface area contributed by atoms with E-state index in [9.17, 15) is 14.5 Å². The lowest BCUT2D eigenvalue weighted by Crippen LogP contribution is -2.10. The molecule has 0 aliphatic heterocycles. The first-order chi connectivity index (χ1) is 10.1. The summed E-state index contributed by atoms with van der Waals surface area (Å²) in [5.74, 6) is -0.198. The van der Waals surface area contributed by atoms with Gasteiger partial charge in [-0.15, -0.1) is 0 Å². The summed E-state index contributed by atoms with van der Waals surface area (Å²) in [6, 6.07) is 6.20. The summed E-state index contributed by atoms with van der Waals surface area (Å²) in [5, 5.41) is 16.7. The summed E-state index contributed by atoms with van der Waals surface area (Å²) in [5.41, 5.74) is 0.145. The molecule has 0 aliphatic carbocycles. The highest BCUT2D eigenvalue weighted by atomic mass is 19.1. The second-order valence-electron chi connectivity index (χ2n) is 4.15. The first-order valence-corrected chi connectivity index (χ1v) is 6.34. The zero-order chi connectivity index (χ0) is 15.2. The van der Waals surface area contributed by atoms with E-state index in [-0.39, 0.29) is 29.7 Å². The van der Waals surface area contributed by atoms with Gasteiger partial charge in [-0.1, -0.05) is 18.2 Å². The highest BCUT2D eigenvalue weighted by Crippen LogP contribution is 2.29. The smallest absolute Gasteiger partial charge is 0.353 e. The van der Waals surface area contributed by atoms with E-state index in [1.54, 1.807) is 25.1 Å². The van der Waals surface area contributed by atoms with Gasteiger partial charge in [0, 0.05) is 18.7 Å². The Morgan fingerprint density at radius 3 is 2.52 bits per heavy atom. The highest BCUT2D eigenvalue weighted by molar-refractivity contribution is 5.69. The van der Waals surface area contributed by atoms with Crippen LogP contribution in [-0.4, -0.2) is 21.4 Å². The molecule has 1 heterocycles. The second kappa shape index (κ2) is 6.60. The van der Waals surface area contributed by atoms with Crippen LogP contribution in [0, 0.1) is 15.9 Å². The van der Waals surface area contributed by atoms with Crippen LogP contribution in [0.3, 0.4) is 0 Å². The van der Waals surface area contributed by atoms with Gasteiger partial charge >= 0.3 is 5.69 Å². The van der Waals surface area contributed by atoms with Crippen molar-refractivity contribution in [3.8, 4) is 0 Å². The molecular weight excluding hydrogens is 277 g/mol. The second-order valence-corrected chi connectivity index (χ2v) is 4.15. The molecule has 2 aromatic rings. The van der Waals surface area contributed by atoms with Gasteiger partial charge < -0.3 is 10.6 Å². The van der Waals surface area contributed by atoms with Crippen molar-refractivity contribution in [2.45, 2.75) is 13.5 Å². The van der Waals surface area contributed by atoms with Gasteiger partial charge in [0.2, 0.25) is 11.6 Å². The minimum atomic E-state index is -0.568. The maximum Gasteiger partial charge on any atom is 0.353 e. The van der Waals surface area contributed by atoms with Crippen molar-refractivity contribution in [3.63, 3.8) is 0 Å². The molecule has 0 saturated carbocycles. The van der Waals surface area contributed by atoms with Crippen molar-refractivity contribution in [2.24, 2.45) is 0 Å². The van der Waals surface area contributed by atoms with Crippen LogP contribution in [0.25, 0.3) is 0 Å². The number of hydrogen-bond donors (Lipinski definition) is 2. The SMILES string of the molecule is CCNc1ncnc(NCc2ccccc2F)c1[N+](=O)[O-]. The molecular formula is C13H14FN5O2. The molecule has 2 N–H and O–H groups in total. The van der Waals surface area contributed by atoms with Gasteiger partial charge in [-0.05, 0) is 13.0 Å². The van der Waals surface area contributed by atoms with E-state index in [1.807, 2.05) is 0 Å². The van der Waals surface area contributed by atoms with E-state index in [2.05, 4.69) is 20.6 Å². The van der Waals surface area contributed by atoms with Crippen LogP contribution in [0.4, 0.5) is 21.7 Å². The van der Waals surface area contributed by atoms with Crippen LogP contribution in [0.5, 0.6) is 0 Å². The predicted octanol–water partition coefficient (Wildman–Crippen LogP) is 2.57. The Morgan fingerprint density at radius 2 is 1.90 bits per heavy atom. The molecule has 0 saturated heterocycles. The van der Waals surface area contributed by atoms with Crippen LogP contribution >= 0.6 is 0 Å². The maximum atomic E-state index is 13.5. The molecule has 7 nitrogen and oxygen atoms in total. The lowest BCUT2D eigenvalue weighted by molar-refractivity contribution is -0.383. The number of rotatable bonds is 6. The molecule has 21 heavy (non-hydrogen) atoms. The monoisotopic (exact) mass is 291 g/mol. The summed E-state index contributed by atoms with van der Waals surface area (Å²) in [7, 11) is 0. The van der Waals surface area contributed by atoms with Crippen LogP contribution in [0.15, 0.2) is 30.6 Å². The average Bonchev–Trinajstić information content (AvgIpc) is 2.46. The van der Waals surface area contributed by atoms with Crippen molar-refractivity contribution >= 4 is 17.3 Å². The molecule has 0 spiro atoms. The average molecular weight is 291 g/mol. The Labute approximate surface area is 120 Å². The molecule has 0 atom stereocenters. The molecule has 0 radical (unpaired) electrons. The molecule has 0 bridgehead atoms. The Morgan fingerprint density at radius 1 is 1.24 bits per heavy atom. The summed E-state index contributed by atoms with van der Waals surface area (Å²) in [6.07, 6.45) is 1.22. The van der Waals surface area contributed by atoms with E-state index in [1.165, 1.54) is 12.4 Å². The minimum absolute atomic E-state index is 0.0502. The highest BCUT2D eigenvalue weighted by Gasteiger charge is 2.22. The molecule has 8 heteroatoms. The quantitative estimate of drug-likeness (QED) is 0.627. The number of hydrogen-bond acceptors (Lipinski definition) is 6. The van der Waals surface area contributed by atoms with E-state index in [4.69, 9.17) is 0 Å². The number of anilines is 2. The van der Waals surface area contributed by atoms with Crippen LogP contribution in [0.2, 0.25) is 0 Å². The summed E-state index contributed by atoms with van der Waals surface area (Å²) in [4.78, 5) is 18.3. The van der Waals surface area contributed by atoms with E-state index in [0.29, 0.717) is 12.1 Å². The maximum absolute atomic E-state index is 13.5. The first-order valence-electron chi connectivity index (χ1n) is 6.34. The lowest BCUT2D eigenvalue weighted by Gasteiger charge is -2.09. The Balaban J connectivity index is 2.25. The van der Waals surface area contributed by atoms with Gasteiger partial charge in [0.25, 0.3) is 0 Å². The Kier molecular flexibility index (Phi) is 4.60. The molecule has 0 fully saturated rings. The van der Waals surface area contributed by atoms with Crippen molar-refractivity contribution in [3.05, 3.63) is 52.1 Å². The number of halogens is 1. The molecule has 0 amide bonds. The zero-order valence-corrected chi connectivity index (χ0v) is 11.3. The largest absolute Gasteiger partial charge is 0.364 e. The van der Waals surface area contributed by atoms with Gasteiger partial charge in [0.15, 0.2) is 0 Å². The Hall–Kier alpha value is -2.77. The van der Waals surface area contributed by atoms with E-state index >= 15 is 0 Å². The Bertz CT molecular complexity index is 650. The molecule has 1 aromatic heterocycles. The standard InChI is InChI=1S/C13H14FN5O2/c1-2-15-12-11(19(20)21)13(18-8-17-12)16-7-9-5-3-4-6-10(9)14/h3-6,8H,2,7H2,1H3,(H2,15,16,17,18). The fraction of sp³-hybridized carbons (Fsp3) is 0.231. The van der Waals surface area contributed by atoms with Gasteiger partial charge in [-0.25, -0.2) is 14.4 Å². The molecule has 110 valence electrons. The van der Waals surface area contributed by atoms with Gasteiger partial charge in [-0.2, -0.15) is 0 Å². The molecule has 0 aliphatic rings. The number of aromatic nitrogens is 2. The van der Waals surface area contributed by atoms with E-state index in [0.717, 1.165) is 0 Å². The molecule has 0 unspecified atom stereocenters. The summed E-state index contributed by atoms with van der Waals surface area (Å²) < 4.78 is 13.5. The van der Waals surface area contributed by atoms with Crippen molar-refractivity contribution < 1.29 is 9.31 Å². The third kappa shape index (κ3) is 3.41. The van der Waals surface area contributed by atoms with E-state index < -0.39 is 4.92 Å². The van der Waals surface area contributed by atoms with Gasteiger partial charge in [0.05, 0.1) is 4.92 Å². The summed E-state index contributed by atoms with van der Waals surface area (Å²) in [6.45, 7) is 2.39. The van der Waals surface area contributed by atoms with Crippen molar-refractivity contribution in [1.82, 2.24) is 9.97 Å². The zero-order valence-electron chi connectivity index (χ0n) is 11.3. The third-order valence-electron chi connectivity index (χ3n) is 2.75. The van der Waals surface area contributed by atoms with Crippen LogP contribution < -0.4 is 10.6 Å². The topological polar surface area (TPSA) is 93.0 Å². The summed E-state index contributed by atoms with van der Waals surface area (Å²) >= 11 is 0. The number of nitrogens with zero attached hydrogens (tertiary/aromatic N) is 3. The van der Waals surface area contributed by atoms with Gasteiger partial charge in [-0.3, -0.25) is 10.1 Å². The number of benzene rings is 1. The first kappa shape index (κ1) is 14.6.